The summed E-state index contributed by atoms with van der Waals surface area (Å²) in [5, 5.41) is 14.8. The Balaban J connectivity index is -0.0000000720. The van der Waals surface area contributed by atoms with E-state index in [0.29, 0.717) is 0 Å². The quantitative estimate of drug-likeness (QED) is 0.515. The summed E-state index contributed by atoms with van der Waals surface area (Å²) in [5.74, 6) is -1.67. The third-order valence-electron chi connectivity index (χ3n) is 0. The Morgan fingerprint density at radius 3 is 1.00 bits per heavy atom. The Kier molecular flexibility index (Phi) is 18.3. The van der Waals surface area contributed by atoms with E-state index < -0.39 is 11.9 Å². The van der Waals surface area contributed by atoms with Gasteiger partial charge in [0.25, 0.3) is 11.9 Å². The summed E-state index contributed by atoms with van der Waals surface area (Å²) in [5.41, 5.74) is 0. The van der Waals surface area contributed by atoms with E-state index in [2.05, 4.69) is 0 Å². The smallest absolute Gasteiger partial charge is 0.300 e. The predicted octanol–water partition coefficient (Wildman–Crippen LogP) is 0.179. The van der Waals surface area contributed by atoms with Gasteiger partial charge in [-0.05, 0) is 0 Å². The van der Waals surface area contributed by atoms with Gasteiger partial charge in [-0.25, -0.2) is 0 Å². The van der Waals surface area contributed by atoms with Gasteiger partial charge in [-0.3, -0.25) is 9.59 Å². The molecule has 9 heavy (non-hydrogen) atoms. The van der Waals surface area contributed by atoms with E-state index in [0.717, 1.165) is 13.8 Å². The van der Waals surface area contributed by atoms with Crippen LogP contribution in [0, 0.1) is 0 Å². The summed E-state index contributed by atoms with van der Waals surface area (Å²) < 4.78 is 0. The number of aliphatic carboxylic acids is 2. The fourth-order valence-corrected chi connectivity index (χ4v) is 0. The molecule has 0 bridgehead atoms. The average Bonchev–Trinajstić information content (AvgIpc) is 1.25. The van der Waals surface area contributed by atoms with Crippen LogP contribution in [0.2, 0.25) is 0 Å². The van der Waals surface area contributed by atoms with Crippen LogP contribution in [0.15, 0.2) is 0 Å². The van der Waals surface area contributed by atoms with Gasteiger partial charge >= 0.3 is 0 Å². The molecule has 4 nitrogen and oxygen atoms in total. The van der Waals surface area contributed by atoms with Crippen LogP contribution in [-0.4, -0.2) is 22.2 Å². The summed E-state index contributed by atoms with van der Waals surface area (Å²) in [7, 11) is 0. The van der Waals surface area contributed by atoms with Crippen LogP contribution in [0.4, 0.5) is 0 Å². The van der Waals surface area contributed by atoms with Gasteiger partial charge in [-0.15, -0.1) is 0 Å². The van der Waals surface area contributed by atoms with E-state index in [-0.39, 0.29) is 17.1 Å². The first-order chi connectivity index (χ1) is 3.46. The SMILES string of the molecule is CC(=O)O.CC(=O)O.[Mn]. The van der Waals surface area contributed by atoms with Gasteiger partial charge in [-0.1, -0.05) is 0 Å². The second-order valence-electron chi connectivity index (χ2n) is 1.04. The molecular weight excluding hydrogens is 167 g/mol. The van der Waals surface area contributed by atoms with Gasteiger partial charge in [0, 0.05) is 30.9 Å². The monoisotopic (exact) mass is 175 g/mol. The van der Waals surface area contributed by atoms with Crippen LogP contribution in [0.5, 0.6) is 0 Å². The summed E-state index contributed by atoms with van der Waals surface area (Å²) in [6, 6.07) is 0. The maximum absolute atomic E-state index is 9.00. The second kappa shape index (κ2) is 10.4. The molecule has 0 aromatic heterocycles. The number of hydrogen-bond donors (Lipinski definition) is 2. The normalized spacial score (nSPS) is 5.56. The van der Waals surface area contributed by atoms with Crippen LogP contribution in [0.3, 0.4) is 0 Å². The maximum atomic E-state index is 9.00. The molecule has 0 heterocycles. The van der Waals surface area contributed by atoms with E-state index >= 15 is 0 Å². The standard InChI is InChI=1S/2C2H4O2.Mn/c2*1-2(3)4;/h2*1H3,(H,3,4);. The molecule has 2 N–H and O–H groups in total. The van der Waals surface area contributed by atoms with Crippen molar-refractivity contribution in [3.63, 3.8) is 0 Å². The van der Waals surface area contributed by atoms with Crippen LogP contribution in [0.25, 0.3) is 0 Å². The zero-order chi connectivity index (χ0) is 7.15. The fourth-order valence-electron chi connectivity index (χ4n) is 0. The molecule has 0 aliphatic heterocycles. The van der Waals surface area contributed by atoms with E-state index in [9.17, 15) is 0 Å². The topological polar surface area (TPSA) is 74.6 Å². The molecule has 0 saturated carbocycles. The molecule has 5 heteroatoms. The molecule has 0 aromatic rings. The molecule has 0 aromatic carbocycles. The second-order valence-corrected chi connectivity index (χ2v) is 1.04. The first kappa shape index (κ1) is 15.8. The van der Waals surface area contributed by atoms with Crippen LogP contribution in [-0.2, 0) is 26.7 Å². The predicted molar refractivity (Wildman–Crippen MR) is 26.6 cm³/mol. The molecule has 55 valence electrons. The van der Waals surface area contributed by atoms with E-state index in [4.69, 9.17) is 19.8 Å². The van der Waals surface area contributed by atoms with Gasteiger partial charge in [0.1, 0.15) is 0 Å². The molecule has 0 unspecified atom stereocenters. The van der Waals surface area contributed by atoms with Crippen molar-refractivity contribution in [2.75, 3.05) is 0 Å². The van der Waals surface area contributed by atoms with Gasteiger partial charge in [0.05, 0.1) is 0 Å². The van der Waals surface area contributed by atoms with Gasteiger partial charge in [-0.2, -0.15) is 0 Å². The third-order valence-corrected chi connectivity index (χ3v) is 0. The average molecular weight is 175 g/mol. The van der Waals surface area contributed by atoms with Crippen LogP contribution in [0.1, 0.15) is 13.8 Å². The number of hydrogen-bond acceptors (Lipinski definition) is 2. The molecule has 0 aliphatic carbocycles. The van der Waals surface area contributed by atoms with E-state index in [1.165, 1.54) is 0 Å². The molecular formula is C4H8MnO4. The Morgan fingerprint density at radius 1 is 1.00 bits per heavy atom. The van der Waals surface area contributed by atoms with Gasteiger partial charge in [0.15, 0.2) is 0 Å². The third kappa shape index (κ3) is 761. The first-order valence-corrected chi connectivity index (χ1v) is 1.86. The van der Waals surface area contributed by atoms with Crippen molar-refractivity contribution in [3.05, 3.63) is 0 Å². The fraction of sp³-hybridized carbons (Fsp3) is 0.500. The summed E-state index contributed by atoms with van der Waals surface area (Å²) in [4.78, 5) is 18.0. The Bertz CT molecular complexity index is 70.6. The van der Waals surface area contributed by atoms with Crippen molar-refractivity contribution >= 4 is 11.9 Å². The minimum Gasteiger partial charge on any atom is -0.481 e. The van der Waals surface area contributed by atoms with Crippen molar-refractivity contribution in [2.45, 2.75) is 13.8 Å². The zero-order valence-corrected chi connectivity index (χ0v) is 6.27. The zero-order valence-electron chi connectivity index (χ0n) is 5.09. The maximum Gasteiger partial charge on any atom is 0.300 e. The van der Waals surface area contributed by atoms with Crippen molar-refractivity contribution in [1.82, 2.24) is 0 Å². The number of carboxylic acids is 2. The summed E-state index contributed by atoms with van der Waals surface area (Å²) in [6.45, 7) is 2.17. The molecule has 1 radical (unpaired) electrons. The molecule has 0 rings (SSSR count). The van der Waals surface area contributed by atoms with E-state index in [1.807, 2.05) is 0 Å². The molecule has 0 fully saturated rings. The minimum atomic E-state index is -0.833. The molecule has 0 aliphatic rings. The minimum absolute atomic E-state index is 0. The van der Waals surface area contributed by atoms with Crippen LogP contribution >= 0.6 is 0 Å². The van der Waals surface area contributed by atoms with Crippen molar-refractivity contribution in [1.29, 1.82) is 0 Å². The number of carbonyl (C=O) groups is 2. The van der Waals surface area contributed by atoms with Crippen molar-refractivity contribution < 1.29 is 36.9 Å². The first-order valence-electron chi connectivity index (χ1n) is 1.86. The molecule has 0 amide bonds. The van der Waals surface area contributed by atoms with Gasteiger partial charge in [0.2, 0.25) is 0 Å². The molecule has 0 spiro atoms. The Hall–Kier alpha value is -0.541. The summed E-state index contributed by atoms with van der Waals surface area (Å²) >= 11 is 0. The number of rotatable bonds is 0. The summed E-state index contributed by atoms with van der Waals surface area (Å²) in [6.07, 6.45) is 0. The van der Waals surface area contributed by atoms with Gasteiger partial charge < -0.3 is 10.2 Å². The van der Waals surface area contributed by atoms with Crippen molar-refractivity contribution in [3.8, 4) is 0 Å². The van der Waals surface area contributed by atoms with Crippen molar-refractivity contribution in [2.24, 2.45) is 0 Å². The molecule has 0 atom stereocenters. The largest absolute Gasteiger partial charge is 0.481 e. The number of carboxylic acid groups (broad SMARTS) is 2. The van der Waals surface area contributed by atoms with E-state index in [1.54, 1.807) is 0 Å². The Morgan fingerprint density at radius 2 is 1.00 bits per heavy atom. The Labute approximate surface area is 63.3 Å². The van der Waals surface area contributed by atoms with Crippen LogP contribution < -0.4 is 0 Å². The molecule has 0 saturated heterocycles.